The van der Waals surface area contributed by atoms with Gasteiger partial charge in [0.25, 0.3) is 0 Å². The quantitative estimate of drug-likeness (QED) is 0.819. The zero-order valence-corrected chi connectivity index (χ0v) is 13.6. The van der Waals surface area contributed by atoms with E-state index in [0.29, 0.717) is 0 Å². The van der Waals surface area contributed by atoms with E-state index in [9.17, 15) is 14.7 Å². The molecule has 0 bridgehead atoms. The van der Waals surface area contributed by atoms with Crippen molar-refractivity contribution in [1.82, 2.24) is 5.32 Å². The summed E-state index contributed by atoms with van der Waals surface area (Å²) in [5, 5.41) is 11.7. The molecule has 5 heteroatoms. The highest BCUT2D eigenvalue weighted by molar-refractivity contribution is 5.80. The van der Waals surface area contributed by atoms with Crippen LogP contribution in [-0.2, 0) is 29.0 Å². The van der Waals surface area contributed by atoms with Crippen molar-refractivity contribution in [2.75, 3.05) is 0 Å². The Bertz CT molecular complexity index is 685. The van der Waals surface area contributed by atoms with Crippen molar-refractivity contribution < 1.29 is 19.4 Å². The standard InChI is InChI=1S/C19H21NO4/c1-2-14-9-6-10-16(11-14)12-17(18(21)22)20-19(23)24-13-15-7-4-3-5-8-15/h3-11,17H,2,12-13H2,1H3,(H,20,23)(H,21,22). The van der Waals surface area contributed by atoms with Gasteiger partial charge in [-0.25, -0.2) is 9.59 Å². The molecule has 0 saturated heterocycles. The lowest BCUT2D eigenvalue weighted by molar-refractivity contribution is -0.139. The lowest BCUT2D eigenvalue weighted by Gasteiger charge is -2.15. The number of benzene rings is 2. The van der Waals surface area contributed by atoms with E-state index in [2.05, 4.69) is 5.32 Å². The predicted octanol–water partition coefficient (Wildman–Crippen LogP) is 3.17. The molecule has 5 nitrogen and oxygen atoms in total. The number of alkyl carbamates (subject to hydrolysis) is 1. The molecule has 0 heterocycles. The third-order valence-electron chi connectivity index (χ3n) is 3.64. The fraction of sp³-hybridized carbons (Fsp3) is 0.263. The lowest BCUT2D eigenvalue weighted by Crippen LogP contribution is -2.42. The van der Waals surface area contributed by atoms with Gasteiger partial charge in [-0.2, -0.15) is 0 Å². The summed E-state index contributed by atoms with van der Waals surface area (Å²) in [4.78, 5) is 23.2. The van der Waals surface area contributed by atoms with Gasteiger partial charge in [0.15, 0.2) is 0 Å². The number of aliphatic carboxylic acids is 1. The van der Waals surface area contributed by atoms with Crippen molar-refractivity contribution >= 4 is 12.1 Å². The predicted molar refractivity (Wildman–Crippen MR) is 90.7 cm³/mol. The van der Waals surface area contributed by atoms with E-state index in [4.69, 9.17) is 4.74 Å². The van der Waals surface area contributed by atoms with Crippen LogP contribution < -0.4 is 5.32 Å². The number of ether oxygens (including phenoxy) is 1. The molecule has 1 amide bonds. The highest BCUT2D eigenvalue weighted by atomic mass is 16.5. The summed E-state index contributed by atoms with van der Waals surface area (Å²) in [6, 6.07) is 15.9. The van der Waals surface area contributed by atoms with Crippen LogP contribution in [0, 0.1) is 0 Å². The molecule has 0 aliphatic heterocycles. The number of rotatable bonds is 7. The van der Waals surface area contributed by atoms with E-state index in [1.54, 1.807) is 0 Å². The van der Waals surface area contributed by atoms with Crippen molar-refractivity contribution in [2.45, 2.75) is 32.4 Å². The Balaban J connectivity index is 1.92. The number of carboxylic acid groups (broad SMARTS) is 1. The Hall–Kier alpha value is -2.82. The van der Waals surface area contributed by atoms with E-state index < -0.39 is 18.1 Å². The summed E-state index contributed by atoms with van der Waals surface area (Å²) in [7, 11) is 0. The molecule has 0 fully saturated rings. The monoisotopic (exact) mass is 327 g/mol. The summed E-state index contributed by atoms with van der Waals surface area (Å²) in [6.07, 6.45) is 0.347. The van der Waals surface area contributed by atoms with Gasteiger partial charge in [0.2, 0.25) is 0 Å². The molecule has 126 valence electrons. The van der Waals surface area contributed by atoms with Gasteiger partial charge in [-0.05, 0) is 23.1 Å². The van der Waals surface area contributed by atoms with E-state index in [0.717, 1.165) is 23.1 Å². The third-order valence-corrected chi connectivity index (χ3v) is 3.64. The Morgan fingerprint density at radius 3 is 2.38 bits per heavy atom. The van der Waals surface area contributed by atoms with Gasteiger partial charge >= 0.3 is 12.1 Å². The Morgan fingerprint density at radius 1 is 1.04 bits per heavy atom. The molecular weight excluding hydrogens is 306 g/mol. The number of carbonyl (C=O) groups excluding carboxylic acids is 1. The lowest BCUT2D eigenvalue weighted by atomic mass is 10.0. The van der Waals surface area contributed by atoms with E-state index in [1.807, 2.05) is 61.5 Å². The van der Waals surface area contributed by atoms with E-state index in [1.165, 1.54) is 0 Å². The second kappa shape index (κ2) is 8.72. The molecule has 24 heavy (non-hydrogen) atoms. The summed E-state index contributed by atoms with van der Waals surface area (Å²) < 4.78 is 5.08. The highest BCUT2D eigenvalue weighted by Crippen LogP contribution is 2.09. The van der Waals surface area contributed by atoms with E-state index in [-0.39, 0.29) is 13.0 Å². The number of amides is 1. The van der Waals surface area contributed by atoms with Crippen LogP contribution in [0.5, 0.6) is 0 Å². The minimum atomic E-state index is -1.09. The number of nitrogens with one attached hydrogen (secondary N) is 1. The van der Waals surface area contributed by atoms with Crippen molar-refractivity contribution in [1.29, 1.82) is 0 Å². The molecule has 1 unspecified atom stereocenters. The topological polar surface area (TPSA) is 75.6 Å². The van der Waals surface area contributed by atoms with Gasteiger partial charge < -0.3 is 15.2 Å². The number of carbonyl (C=O) groups is 2. The molecule has 0 aromatic heterocycles. The summed E-state index contributed by atoms with van der Waals surface area (Å²) >= 11 is 0. The molecule has 0 saturated carbocycles. The second-order valence-electron chi connectivity index (χ2n) is 5.47. The molecular formula is C19H21NO4. The Morgan fingerprint density at radius 2 is 1.71 bits per heavy atom. The van der Waals surface area contributed by atoms with Crippen LogP contribution >= 0.6 is 0 Å². The molecule has 0 aliphatic carbocycles. The maximum absolute atomic E-state index is 11.8. The molecule has 1 atom stereocenters. The molecule has 2 rings (SSSR count). The van der Waals surface area contributed by atoms with Crippen LogP contribution in [0.25, 0.3) is 0 Å². The fourth-order valence-electron chi connectivity index (χ4n) is 2.32. The average Bonchev–Trinajstić information content (AvgIpc) is 2.60. The van der Waals surface area contributed by atoms with Crippen LogP contribution in [0.4, 0.5) is 4.79 Å². The smallest absolute Gasteiger partial charge is 0.408 e. The Labute approximate surface area is 141 Å². The first-order chi connectivity index (χ1) is 11.6. The SMILES string of the molecule is CCc1cccc(CC(NC(=O)OCc2ccccc2)C(=O)O)c1. The van der Waals surface area contributed by atoms with Crippen LogP contribution in [0.2, 0.25) is 0 Å². The zero-order chi connectivity index (χ0) is 17.4. The van der Waals surface area contributed by atoms with Crippen molar-refractivity contribution in [2.24, 2.45) is 0 Å². The van der Waals surface area contributed by atoms with Crippen molar-refractivity contribution in [3.05, 3.63) is 71.3 Å². The first kappa shape index (κ1) is 17.5. The largest absolute Gasteiger partial charge is 0.480 e. The molecule has 0 radical (unpaired) electrons. The Kier molecular flexibility index (Phi) is 6.37. The van der Waals surface area contributed by atoms with Crippen molar-refractivity contribution in [3.63, 3.8) is 0 Å². The van der Waals surface area contributed by atoms with Gasteiger partial charge in [-0.1, -0.05) is 61.5 Å². The van der Waals surface area contributed by atoms with Gasteiger partial charge in [-0.3, -0.25) is 0 Å². The molecule has 2 N–H and O–H groups in total. The highest BCUT2D eigenvalue weighted by Gasteiger charge is 2.21. The first-order valence-corrected chi connectivity index (χ1v) is 7.86. The van der Waals surface area contributed by atoms with Crippen molar-refractivity contribution in [3.8, 4) is 0 Å². The number of carboxylic acids is 1. The van der Waals surface area contributed by atoms with E-state index >= 15 is 0 Å². The summed E-state index contributed by atoms with van der Waals surface area (Å²) in [5.41, 5.74) is 2.84. The molecule has 2 aromatic rings. The number of hydrogen-bond acceptors (Lipinski definition) is 3. The molecule has 0 spiro atoms. The maximum Gasteiger partial charge on any atom is 0.408 e. The zero-order valence-electron chi connectivity index (χ0n) is 13.6. The molecule has 2 aromatic carbocycles. The van der Waals surface area contributed by atoms with Crippen LogP contribution in [-0.4, -0.2) is 23.2 Å². The summed E-state index contributed by atoms with van der Waals surface area (Å²) in [5.74, 6) is -1.09. The molecule has 0 aliphatic rings. The van der Waals surface area contributed by atoms with Gasteiger partial charge in [0.1, 0.15) is 12.6 Å². The minimum absolute atomic E-state index is 0.102. The number of aryl methyl sites for hydroxylation is 1. The van der Waals surface area contributed by atoms with Crippen LogP contribution in [0.3, 0.4) is 0 Å². The van der Waals surface area contributed by atoms with Gasteiger partial charge in [0.05, 0.1) is 0 Å². The minimum Gasteiger partial charge on any atom is -0.480 e. The normalized spacial score (nSPS) is 11.5. The van der Waals surface area contributed by atoms with Crippen LogP contribution in [0.15, 0.2) is 54.6 Å². The number of hydrogen-bond donors (Lipinski definition) is 2. The fourth-order valence-corrected chi connectivity index (χ4v) is 2.32. The van der Waals surface area contributed by atoms with Gasteiger partial charge in [-0.15, -0.1) is 0 Å². The second-order valence-corrected chi connectivity index (χ2v) is 5.47. The first-order valence-electron chi connectivity index (χ1n) is 7.86. The average molecular weight is 327 g/mol. The summed E-state index contributed by atoms with van der Waals surface area (Å²) in [6.45, 7) is 2.14. The maximum atomic E-state index is 11.8. The third kappa shape index (κ3) is 5.43. The van der Waals surface area contributed by atoms with Crippen LogP contribution in [0.1, 0.15) is 23.6 Å². The van der Waals surface area contributed by atoms with Gasteiger partial charge in [0, 0.05) is 6.42 Å².